The zero-order valence-electron chi connectivity index (χ0n) is 13.5. The second-order valence-electron chi connectivity index (χ2n) is 6.23. The minimum atomic E-state index is -0.299. The zero-order chi connectivity index (χ0) is 16.6. The fourth-order valence-corrected chi connectivity index (χ4v) is 4.91. The largest absolute Gasteiger partial charge is 0.462 e. The van der Waals surface area contributed by atoms with E-state index >= 15 is 0 Å². The van der Waals surface area contributed by atoms with Gasteiger partial charge in [0.25, 0.3) is 5.56 Å². The number of nitrogens with zero attached hydrogens (tertiary/aromatic N) is 1. The summed E-state index contributed by atoms with van der Waals surface area (Å²) < 4.78 is 5.09. The van der Waals surface area contributed by atoms with Gasteiger partial charge in [0.1, 0.15) is 4.83 Å². The van der Waals surface area contributed by atoms with Crippen molar-refractivity contribution in [2.24, 2.45) is 5.92 Å². The van der Waals surface area contributed by atoms with Crippen LogP contribution < -0.4 is 5.56 Å². The number of hydrogen-bond donors (Lipinski definition) is 1. The molecule has 0 saturated heterocycles. The van der Waals surface area contributed by atoms with Crippen molar-refractivity contribution in [1.82, 2.24) is 9.97 Å². The van der Waals surface area contributed by atoms with E-state index in [1.165, 1.54) is 22.2 Å². The number of fused-ring (bicyclic) bond motifs is 3. The van der Waals surface area contributed by atoms with Crippen LogP contribution in [-0.4, -0.2) is 27.8 Å². The van der Waals surface area contributed by atoms with Crippen LogP contribution in [-0.2, 0) is 22.4 Å². The monoisotopic (exact) mass is 352 g/mol. The van der Waals surface area contributed by atoms with Crippen molar-refractivity contribution in [2.45, 2.75) is 51.3 Å². The van der Waals surface area contributed by atoms with Gasteiger partial charge in [0, 0.05) is 4.88 Å². The molecule has 2 aromatic heterocycles. The highest BCUT2D eigenvalue weighted by atomic mass is 32.2. The number of thioether (sulfide) groups is 1. The molecule has 2 aromatic rings. The van der Waals surface area contributed by atoms with E-state index < -0.39 is 0 Å². The smallest absolute Gasteiger partial charge is 0.316 e. The fraction of sp³-hybridized carbons (Fsp3) is 0.562. The predicted octanol–water partition coefficient (Wildman–Crippen LogP) is 3.15. The van der Waals surface area contributed by atoms with E-state index in [0.29, 0.717) is 11.1 Å². The molecule has 0 amide bonds. The molecule has 0 spiro atoms. The number of carbonyl (C=O) groups excluding carboxylic acids is 1. The quantitative estimate of drug-likeness (QED) is 0.520. The van der Waals surface area contributed by atoms with E-state index in [9.17, 15) is 9.59 Å². The molecule has 124 valence electrons. The van der Waals surface area contributed by atoms with Gasteiger partial charge in [-0.1, -0.05) is 18.7 Å². The van der Waals surface area contributed by atoms with Crippen LogP contribution in [0.15, 0.2) is 9.95 Å². The summed E-state index contributed by atoms with van der Waals surface area (Å²) in [6.07, 6.45) is 2.96. The number of aromatic nitrogens is 2. The zero-order valence-corrected chi connectivity index (χ0v) is 15.1. The van der Waals surface area contributed by atoms with Gasteiger partial charge >= 0.3 is 5.97 Å². The molecule has 1 atom stereocenters. The number of thiophene rings is 1. The first-order chi connectivity index (χ1) is 10.9. The molecule has 1 aliphatic carbocycles. The SMILES string of the molecule is CC1CCc2c(sc3nc(SCC(=O)OC(C)C)[nH]c(=O)c23)C1. The standard InChI is InChI=1S/C16H20N2O3S2/c1-8(2)21-12(19)7-22-16-17-14(20)13-10-5-4-9(3)6-11(10)23-15(13)18-16/h8-9H,4-7H2,1-3H3,(H,17,18,20). The normalized spacial score (nSPS) is 17.5. The van der Waals surface area contributed by atoms with Crippen LogP contribution in [0.3, 0.4) is 0 Å². The highest BCUT2D eigenvalue weighted by Crippen LogP contribution is 2.36. The number of aryl methyl sites for hydroxylation is 1. The van der Waals surface area contributed by atoms with Crippen molar-refractivity contribution < 1.29 is 9.53 Å². The van der Waals surface area contributed by atoms with Gasteiger partial charge in [-0.05, 0) is 44.6 Å². The number of rotatable bonds is 4. The van der Waals surface area contributed by atoms with Crippen LogP contribution in [0.4, 0.5) is 0 Å². The minimum absolute atomic E-state index is 0.0956. The highest BCUT2D eigenvalue weighted by molar-refractivity contribution is 7.99. The third-order valence-electron chi connectivity index (χ3n) is 3.84. The Hall–Kier alpha value is -1.34. The molecule has 5 nitrogen and oxygen atoms in total. The maximum absolute atomic E-state index is 12.4. The van der Waals surface area contributed by atoms with Gasteiger partial charge in [0.15, 0.2) is 5.16 Å². The Morgan fingerprint density at radius 1 is 1.52 bits per heavy atom. The molecular formula is C16H20N2O3S2. The summed E-state index contributed by atoms with van der Waals surface area (Å²) in [5.41, 5.74) is 1.08. The lowest BCUT2D eigenvalue weighted by Crippen LogP contribution is -2.15. The van der Waals surface area contributed by atoms with Crippen LogP contribution >= 0.6 is 23.1 Å². The average Bonchev–Trinajstić information content (AvgIpc) is 2.82. The van der Waals surface area contributed by atoms with E-state index in [4.69, 9.17) is 4.74 Å². The lowest BCUT2D eigenvalue weighted by Gasteiger charge is -2.17. The molecule has 23 heavy (non-hydrogen) atoms. The van der Waals surface area contributed by atoms with Gasteiger partial charge in [-0.3, -0.25) is 9.59 Å². The van der Waals surface area contributed by atoms with Gasteiger partial charge in [0.2, 0.25) is 0 Å². The summed E-state index contributed by atoms with van der Waals surface area (Å²) in [5, 5.41) is 1.22. The Kier molecular flexibility index (Phi) is 4.77. The Labute approximate surface area is 142 Å². The number of aromatic amines is 1. The van der Waals surface area contributed by atoms with Crippen molar-refractivity contribution in [3.63, 3.8) is 0 Å². The predicted molar refractivity (Wildman–Crippen MR) is 93.4 cm³/mol. The van der Waals surface area contributed by atoms with Crippen LogP contribution in [0.25, 0.3) is 10.2 Å². The summed E-state index contributed by atoms with van der Waals surface area (Å²) in [7, 11) is 0. The Bertz CT molecular complexity index is 794. The van der Waals surface area contributed by atoms with E-state index in [0.717, 1.165) is 29.5 Å². The van der Waals surface area contributed by atoms with Crippen LogP contribution in [0.2, 0.25) is 0 Å². The summed E-state index contributed by atoms with van der Waals surface area (Å²) in [6, 6.07) is 0. The van der Waals surface area contributed by atoms with Gasteiger partial charge < -0.3 is 9.72 Å². The maximum atomic E-state index is 12.4. The number of hydrogen-bond acceptors (Lipinski definition) is 6. The lowest BCUT2D eigenvalue weighted by atomic mass is 9.89. The van der Waals surface area contributed by atoms with Crippen LogP contribution in [0.1, 0.15) is 37.6 Å². The number of H-pyrrole nitrogens is 1. The first-order valence-corrected chi connectivity index (χ1v) is 9.61. The van der Waals surface area contributed by atoms with E-state index in [1.807, 2.05) is 13.8 Å². The molecule has 7 heteroatoms. The highest BCUT2D eigenvalue weighted by Gasteiger charge is 2.23. The van der Waals surface area contributed by atoms with Gasteiger partial charge in [-0.15, -0.1) is 11.3 Å². The molecule has 0 bridgehead atoms. The Morgan fingerprint density at radius 3 is 3.04 bits per heavy atom. The molecular weight excluding hydrogens is 332 g/mol. The molecule has 1 unspecified atom stereocenters. The third kappa shape index (κ3) is 3.61. The summed E-state index contributed by atoms with van der Waals surface area (Å²) in [5.74, 6) is 0.510. The lowest BCUT2D eigenvalue weighted by molar-refractivity contribution is -0.144. The number of nitrogens with one attached hydrogen (secondary N) is 1. The first kappa shape index (κ1) is 16.5. The molecule has 1 N–H and O–H groups in total. The van der Waals surface area contributed by atoms with Crippen LogP contribution in [0, 0.1) is 5.92 Å². The van der Waals surface area contributed by atoms with Crippen LogP contribution in [0.5, 0.6) is 0 Å². The summed E-state index contributed by atoms with van der Waals surface area (Å²) in [6.45, 7) is 5.87. The second kappa shape index (κ2) is 6.65. The molecule has 2 heterocycles. The molecule has 0 radical (unpaired) electrons. The molecule has 0 fully saturated rings. The Morgan fingerprint density at radius 2 is 2.30 bits per heavy atom. The topological polar surface area (TPSA) is 72.0 Å². The fourth-order valence-electron chi connectivity index (χ4n) is 2.82. The van der Waals surface area contributed by atoms with Gasteiger partial charge in [0.05, 0.1) is 17.2 Å². The maximum Gasteiger partial charge on any atom is 0.316 e. The molecule has 1 aliphatic rings. The first-order valence-electron chi connectivity index (χ1n) is 7.81. The van der Waals surface area contributed by atoms with Gasteiger partial charge in [-0.2, -0.15) is 0 Å². The van der Waals surface area contributed by atoms with E-state index in [-0.39, 0.29) is 23.4 Å². The average molecular weight is 352 g/mol. The van der Waals surface area contributed by atoms with Gasteiger partial charge in [-0.25, -0.2) is 4.98 Å². The van der Waals surface area contributed by atoms with Crippen molar-refractivity contribution in [2.75, 3.05) is 5.75 Å². The van der Waals surface area contributed by atoms with E-state index in [1.54, 1.807) is 11.3 Å². The Balaban J connectivity index is 1.84. The molecule has 0 aliphatic heterocycles. The van der Waals surface area contributed by atoms with Crippen molar-refractivity contribution >= 4 is 39.3 Å². The third-order valence-corrected chi connectivity index (χ3v) is 5.83. The second-order valence-corrected chi connectivity index (χ2v) is 8.28. The number of ether oxygens (including phenoxy) is 1. The molecule has 3 rings (SSSR count). The van der Waals surface area contributed by atoms with Crippen molar-refractivity contribution in [3.05, 3.63) is 20.8 Å². The molecule has 0 aromatic carbocycles. The van der Waals surface area contributed by atoms with Crippen molar-refractivity contribution in [1.29, 1.82) is 0 Å². The minimum Gasteiger partial charge on any atom is -0.462 e. The van der Waals surface area contributed by atoms with Crippen molar-refractivity contribution in [3.8, 4) is 0 Å². The summed E-state index contributed by atoms with van der Waals surface area (Å²) >= 11 is 2.83. The number of carbonyl (C=O) groups is 1. The number of esters is 1. The molecule has 0 saturated carbocycles. The van der Waals surface area contributed by atoms with E-state index in [2.05, 4.69) is 16.9 Å². The summed E-state index contributed by atoms with van der Waals surface area (Å²) in [4.78, 5) is 33.4.